The van der Waals surface area contributed by atoms with Crippen LogP contribution in [-0.4, -0.2) is 39.8 Å². The first-order valence-corrected chi connectivity index (χ1v) is 8.37. The van der Waals surface area contributed by atoms with Gasteiger partial charge < -0.3 is 20.6 Å². The molecule has 0 spiro atoms. The number of aromatic nitrogens is 3. The van der Waals surface area contributed by atoms with Crippen LogP contribution in [0.25, 0.3) is 0 Å². The maximum absolute atomic E-state index is 11.5. The van der Waals surface area contributed by atoms with E-state index in [1.54, 1.807) is 21.0 Å². The molecule has 3 N–H and O–H groups in total. The summed E-state index contributed by atoms with van der Waals surface area (Å²) in [5.74, 6) is 7.14. The summed E-state index contributed by atoms with van der Waals surface area (Å²) in [7, 11) is 1.62. The van der Waals surface area contributed by atoms with E-state index in [0.717, 1.165) is 11.4 Å². The minimum atomic E-state index is -0.309. The fraction of sp³-hybridized carbons (Fsp3) is 0.400. The highest BCUT2D eigenvalue weighted by atomic mass is 32.2. The zero-order valence-electron chi connectivity index (χ0n) is 13.9. The van der Waals surface area contributed by atoms with Gasteiger partial charge in [0.25, 0.3) is 0 Å². The average Bonchev–Trinajstić information content (AvgIpc) is 2.91. The molecule has 2 aromatic rings. The van der Waals surface area contributed by atoms with Crippen molar-refractivity contribution in [1.29, 1.82) is 0 Å². The summed E-state index contributed by atoms with van der Waals surface area (Å²) < 4.78 is 11.5. The molecule has 1 aromatic heterocycles. The fourth-order valence-electron chi connectivity index (χ4n) is 1.84. The van der Waals surface area contributed by atoms with E-state index in [1.807, 2.05) is 24.3 Å². The molecule has 0 aliphatic carbocycles. The molecule has 9 heteroatoms. The Morgan fingerprint density at radius 3 is 2.67 bits per heavy atom. The van der Waals surface area contributed by atoms with Crippen molar-refractivity contribution in [2.45, 2.75) is 31.7 Å². The van der Waals surface area contributed by atoms with Crippen molar-refractivity contribution in [2.24, 2.45) is 0 Å². The van der Waals surface area contributed by atoms with Crippen LogP contribution in [0.3, 0.4) is 0 Å². The van der Waals surface area contributed by atoms with Gasteiger partial charge in [-0.2, -0.15) is 0 Å². The Morgan fingerprint density at radius 2 is 2.04 bits per heavy atom. The van der Waals surface area contributed by atoms with Crippen molar-refractivity contribution >= 4 is 23.4 Å². The molecule has 0 radical (unpaired) electrons. The van der Waals surface area contributed by atoms with Crippen LogP contribution in [0.4, 0.5) is 5.69 Å². The zero-order valence-corrected chi connectivity index (χ0v) is 14.7. The van der Waals surface area contributed by atoms with Gasteiger partial charge in [0.1, 0.15) is 5.75 Å². The summed E-state index contributed by atoms with van der Waals surface area (Å²) in [5, 5.41) is 11.7. The third-order valence-corrected chi connectivity index (χ3v) is 3.88. The lowest BCUT2D eigenvalue weighted by molar-refractivity contribution is -0.144. The topological polar surface area (TPSA) is 104 Å². The minimum absolute atomic E-state index is 0.138. The molecule has 1 aromatic carbocycles. The lowest BCUT2D eigenvalue weighted by atomic mass is 10.3. The van der Waals surface area contributed by atoms with Crippen LogP contribution in [0.2, 0.25) is 0 Å². The van der Waals surface area contributed by atoms with Gasteiger partial charge in [-0.1, -0.05) is 11.8 Å². The Labute approximate surface area is 144 Å². The Hall–Kier alpha value is -2.42. The van der Waals surface area contributed by atoms with E-state index in [2.05, 4.69) is 15.5 Å². The molecule has 0 aliphatic heterocycles. The van der Waals surface area contributed by atoms with Gasteiger partial charge in [-0.3, -0.25) is 4.79 Å². The number of hydrogen-bond acceptors (Lipinski definition) is 8. The maximum Gasteiger partial charge on any atom is 0.316 e. The Kier molecular flexibility index (Phi) is 6.30. The number of nitrogens with two attached hydrogens (primary N) is 1. The summed E-state index contributed by atoms with van der Waals surface area (Å²) in [6.45, 7) is 4.01. The number of nitrogens with one attached hydrogen (secondary N) is 1. The van der Waals surface area contributed by atoms with Crippen LogP contribution in [-0.2, 0) is 16.1 Å². The second-order valence-corrected chi connectivity index (χ2v) is 6.12. The van der Waals surface area contributed by atoms with Gasteiger partial charge in [0.05, 0.1) is 25.5 Å². The molecule has 0 aliphatic rings. The Balaban J connectivity index is 1.88. The number of nitrogens with zero attached hydrogens (tertiary/aromatic N) is 3. The number of nitrogen functional groups attached to an aromatic ring is 1. The molecule has 0 saturated heterocycles. The Bertz CT molecular complexity index is 672. The summed E-state index contributed by atoms with van der Waals surface area (Å²) >= 11 is 1.19. The van der Waals surface area contributed by atoms with E-state index in [1.165, 1.54) is 16.4 Å². The first-order valence-electron chi connectivity index (χ1n) is 7.39. The van der Waals surface area contributed by atoms with Gasteiger partial charge >= 0.3 is 5.97 Å². The molecule has 130 valence electrons. The van der Waals surface area contributed by atoms with E-state index >= 15 is 0 Å². The van der Waals surface area contributed by atoms with Crippen LogP contribution in [0.5, 0.6) is 5.75 Å². The minimum Gasteiger partial charge on any atom is -0.497 e. The number of carbonyl (C=O) groups is 1. The highest BCUT2D eigenvalue weighted by Crippen LogP contribution is 2.17. The van der Waals surface area contributed by atoms with Crippen LogP contribution < -0.4 is 15.9 Å². The fourth-order valence-corrected chi connectivity index (χ4v) is 2.49. The quantitative estimate of drug-likeness (QED) is 0.420. The second-order valence-electron chi connectivity index (χ2n) is 5.18. The van der Waals surface area contributed by atoms with Crippen molar-refractivity contribution in [3.8, 4) is 5.75 Å². The van der Waals surface area contributed by atoms with Crippen molar-refractivity contribution in [3.05, 3.63) is 30.1 Å². The zero-order chi connectivity index (χ0) is 17.5. The summed E-state index contributed by atoms with van der Waals surface area (Å²) in [4.78, 5) is 11.5. The van der Waals surface area contributed by atoms with E-state index in [-0.39, 0.29) is 17.8 Å². The van der Waals surface area contributed by atoms with Crippen LogP contribution in [0.15, 0.2) is 29.4 Å². The third-order valence-electron chi connectivity index (χ3n) is 2.96. The van der Waals surface area contributed by atoms with E-state index in [4.69, 9.17) is 15.3 Å². The van der Waals surface area contributed by atoms with E-state index in [0.29, 0.717) is 17.5 Å². The highest BCUT2D eigenvalue weighted by Gasteiger charge is 2.13. The number of anilines is 1. The monoisotopic (exact) mass is 351 g/mol. The Morgan fingerprint density at radius 1 is 1.33 bits per heavy atom. The molecular weight excluding hydrogens is 330 g/mol. The second kappa shape index (κ2) is 8.44. The molecule has 2 rings (SSSR count). The molecule has 8 nitrogen and oxygen atoms in total. The van der Waals surface area contributed by atoms with Crippen LogP contribution in [0, 0.1) is 0 Å². The summed E-state index contributed by atoms with van der Waals surface area (Å²) in [5.41, 5.74) is 0.911. The number of thioether (sulfide) groups is 1. The van der Waals surface area contributed by atoms with Crippen molar-refractivity contribution in [3.63, 3.8) is 0 Å². The molecule has 1 heterocycles. The standard InChI is InChI=1S/C15H21N5O3S/c1-10(2)23-14(21)9-24-15-19-18-13(20(15)16)8-17-11-4-6-12(22-3)7-5-11/h4-7,10,17H,8-9,16H2,1-3H3. The van der Waals surface area contributed by atoms with E-state index < -0.39 is 0 Å². The van der Waals surface area contributed by atoms with Gasteiger partial charge in [-0.15, -0.1) is 10.2 Å². The number of rotatable bonds is 8. The number of methoxy groups -OCH3 is 1. The molecule has 0 fully saturated rings. The maximum atomic E-state index is 11.5. The van der Waals surface area contributed by atoms with Gasteiger partial charge in [0.2, 0.25) is 5.16 Å². The van der Waals surface area contributed by atoms with Gasteiger partial charge in [-0.05, 0) is 38.1 Å². The molecule has 24 heavy (non-hydrogen) atoms. The molecule has 0 amide bonds. The number of carbonyl (C=O) groups excluding carboxylic acids is 1. The summed E-state index contributed by atoms with van der Waals surface area (Å²) in [6.07, 6.45) is -0.141. The summed E-state index contributed by atoms with van der Waals surface area (Å²) in [6, 6.07) is 7.51. The lowest BCUT2D eigenvalue weighted by Crippen LogP contribution is -2.18. The van der Waals surface area contributed by atoms with Gasteiger partial charge in [-0.25, -0.2) is 4.68 Å². The predicted octanol–water partition coefficient (Wildman–Crippen LogP) is 1.66. The lowest BCUT2D eigenvalue weighted by Gasteiger charge is -2.08. The first kappa shape index (κ1) is 17.9. The smallest absolute Gasteiger partial charge is 0.316 e. The predicted molar refractivity (Wildman–Crippen MR) is 92.4 cm³/mol. The van der Waals surface area contributed by atoms with Gasteiger partial charge in [0.15, 0.2) is 5.82 Å². The van der Waals surface area contributed by atoms with Crippen LogP contribution >= 0.6 is 11.8 Å². The normalized spacial score (nSPS) is 10.7. The van der Waals surface area contributed by atoms with Crippen molar-refractivity contribution in [2.75, 3.05) is 24.0 Å². The van der Waals surface area contributed by atoms with E-state index in [9.17, 15) is 4.79 Å². The molecule has 0 bridgehead atoms. The number of hydrogen-bond donors (Lipinski definition) is 2. The molecule has 0 saturated carbocycles. The van der Waals surface area contributed by atoms with Crippen molar-refractivity contribution in [1.82, 2.24) is 14.9 Å². The first-order chi connectivity index (χ1) is 11.5. The molecule has 0 unspecified atom stereocenters. The van der Waals surface area contributed by atoms with Crippen LogP contribution in [0.1, 0.15) is 19.7 Å². The largest absolute Gasteiger partial charge is 0.497 e. The number of benzene rings is 1. The van der Waals surface area contributed by atoms with Gasteiger partial charge in [0, 0.05) is 5.69 Å². The highest BCUT2D eigenvalue weighted by molar-refractivity contribution is 7.99. The molecular formula is C15H21N5O3S. The number of esters is 1. The number of ether oxygens (including phenoxy) is 2. The van der Waals surface area contributed by atoms with Crippen molar-refractivity contribution < 1.29 is 14.3 Å². The average molecular weight is 351 g/mol. The third kappa shape index (κ3) is 5.05. The molecule has 0 atom stereocenters. The SMILES string of the molecule is COc1ccc(NCc2nnc(SCC(=O)OC(C)C)n2N)cc1.